The average molecular weight is 354 g/mol. The first-order valence-corrected chi connectivity index (χ1v) is 8.23. The summed E-state index contributed by atoms with van der Waals surface area (Å²) >= 11 is 0. The minimum atomic E-state index is -0.710. The molecule has 0 aliphatic heterocycles. The summed E-state index contributed by atoms with van der Waals surface area (Å²) in [6.07, 6.45) is 0. The van der Waals surface area contributed by atoms with Crippen LogP contribution in [0.1, 0.15) is 40.6 Å². The molecule has 1 aromatic carbocycles. The van der Waals surface area contributed by atoms with Crippen LogP contribution in [0.4, 0.5) is 0 Å². The predicted molar refractivity (Wildman–Crippen MR) is 93.3 cm³/mol. The summed E-state index contributed by atoms with van der Waals surface area (Å²) in [5.74, 6) is -1.56. The highest BCUT2D eigenvalue weighted by Crippen LogP contribution is 2.24. The number of para-hydroxylation sites is 1. The lowest BCUT2D eigenvalue weighted by Crippen LogP contribution is -2.16. The van der Waals surface area contributed by atoms with Crippen LogP contribution >= 0.6 is 0 Å². The van der Waals surface area contributed by atoms with Crippen LogP contribution in [0.15, 0.2) is 30.3 Å². The molecule has 2 aromatic heterocycles. The van der Waals surface area contributed by atoms with Gasteiger partial charge in [-0.3, -0.25) is 0 Å². The first-order valence-electron chi connectivity index (χ1n) is 8.23. The molecule has 0 unspecified atom stereocenters. The second kappa shape index (κ2) is 7.30. The molecule has 3 rings (SSSR count). The molecule has 0 spiro atoms. The summed E-state index contributed by atoms with van der Waals surface area (Å²) in [5.41, 5.74) is 1.64. The van der Waals surface area contributed by atoms with E-state index in [1.807, 2.05) is 30.3 Å². The van der Waals surface area contributed by atoms with Crippen LogP contribution in [0.2, 0.25) is 0 Å². The van der Waals surface area contributed by atoms with Crippen molar-refractivity contribution >= 4 is 23.0 Å². The Balaban J connectivity index is 2.29. The van der Waals surface area contributed by atoms with Gasteiger partial charge in [0.2, 0.25) is 5.82 Å². The van der Waals surface area contributed by atoms with Crippen molar-refractivity contribution in [3.8, 4) is 5.69 Å². The number of hydrogen-bond acceptors (Lipinski definition) is 7. The van der Waals surface area contributed by atoms with Crippen LogP contribution in [0.5, 0.6) is 0 Å². The van der Waals surface area contributed by atoms with E-state index in [2.05, 4.69) is 15.1 Å². The van der Waals surface area contributed by atoms with Gasteiger partial charge in [-0.1, -0.05) is 18.2 Å². The van der Waals surface area contributed by atoms with E-state index in [1.54, 1.807) is 25.5 Å². The lowest BCUT2D eigenvalue weighted by molar-refractivity contribution is 0.0507. The van der Waals surface area contributed by atoms with E-state index >= 15 is 0 Å². The molecule has 0 bridgehead atoms. The van der Waals surface area contributed by atoms with Crippen molar-refractivity contribution in [2.24, 2.45) is 0 Å². The number of hydrogen-bond donors (Lipinski definition) is 0. The first-order chi connectivity index (χ1) is 12.6. The number of aryl methyl sites for hydroxylation is 1. The Morgan fingerprint density at radius 1 is 1.00 bits per heavy atom. The maximum Gasteiger partial charge on any atom is 0.376 e. The number of rotatable bonds is 5. The van der Waals surface area contributed by atoms with Crippen LogP contribution in [0.25, 0.3) is 16.7 Å². The van der Waals surface area contributed by atoms with Crippen molar-refractivity contribution in [3.05, 3.63) is 47.5 Å². The highest BCUT2D eigenvalue weighted by molar-refractivity contribution is 6.03. The van der Waals surface area contributed by atoms with E-state index in [1.165, 1.54) is 0 Å². The largest absolute Gasteiger partial charge is 0.461 e. The molecule has 0 saturated heterocycles. The van der Waals surface area contributed by atoms with Crippen molar-refractivity contribution in [1.82, 2.24) is 19.7 Å². The molecule has 8 heteroatoms. The Morgan fingerprint density at radius 2 is 1.65 bits per heavy atom. The third-order valence-corrected chi connectivity index (χ3v) is 3.63. The predicted octanol–water partition coefficient (Wildman–Crippen LogP) is 2.48. The van der Waals surface area contributed by atoms with Crippen molar-refractivity contribution in [2.75, 3.05) is 13.2 Å². The van der Waals surface area contributed by atoms with E-state index in [0.717, 1.165) is 5.69 Å². The van der Waals surface area contributed by atoms with Crippen molar-refractivity contribution < 1.29 is 19.1 Å². The molecule has 0 saturated carbocycles. The lowest BCUT2D eigenvalue weighted by Gasteiger charge is -2.07. The Kier molecular flexibility index (Phi) is 4.92. The monoisotopic (exact) mass is 354 g/mol. The van der Waals surface area contributed by atoms with Gasteiger partial charge in [-0.15, -0.1) is 0 Å². The molecule has 134 valence electrons. The number of carbonyl (C=O) groups excluding carboxylic acids is 2. The van der Waals surface area contributed by atoms with Gasteiger partial charge in [-0.25, -0.2) is 24.2 Å². The van der Waals surface area contributed by atoms with Gasteiger partial charge in [-0.05, 0) is 32.9 Å². The Bertz CT molecular complexity index is 966. The second-order valence-electron chi connectivity index (χ2n) is 5.37. The average Bonchev–Trinajstić information content (AvgIpc) is 2.99. The quantitative estimate of drug-likeness (QED) is 0.649. The zero-order chi connectivity index (χ0) is 18.7. The van der Waals surface area contributed by atoms with Crippen LogP contribution in [0, 0.1) is 6.92 Å². The Labute approximate surface area is 149 Å². The molecule has 0 amide bonds. The van der Waals surface area contributed by atoms with Crippen molar-refractivity contribution in [3.63, 3.8) is 0 Å². The highest BCUT2D eigenvalue weighted by atomic mass is 16.5. The number of carbonyl (C=O) groups is 2. The molecule has 0 fully saturated rings. The summed E-state index contributed by atoms with van der Waals surface area (Å²) in [7, 11) is 0. The van der Waals surface area contributed by atoms with Gasteiger partial charge in [0, 0.05) is 0 Å². The van der Waals surface area contributed by atoms with Gasteiger partial charge < -0.3 is 9.47 Å². The topological polar surface area (TPSA) is 96.2 Å². The number of fused-ring (bicyclic) bond motifs is 1. The number of ether oxygens (including phenoxy) is 2. The maximum absolute atomic E-state index is 12.4. The minimum absolute atomic E-state index is 0.000385. The highest BCUT2D eigenvalue weighted by Gasteiger charge is 2.25. The van der Waals surface area contributed by atoms with E-state index in [9.17, 15) is 9.59 Å². The van der Waals surface area contributed by atoms with Gasteiger partial charge in [0.15, 0.2) is 11.3 Å². The fourth-order valence-corrected chi connectivity index (χ4v) is 2.57. The molecule has 2 heterocycles. The second-order valence-corrected chi connectivity index (χ2v) is 5.37. The summed E-state index contributed by atoms with van der Waals surface area (Å²) in [5, 5.41) is 4.91. The van der Waals surface area contributed by atoms with E-state index in [-0.39, 0.29) is 24.7 Å². The number of nitrogens with zero attached hydrogens (tertiary/aromatic N) is 4. The minimum Gasteiger partial charge on any atom is -0.461 e. The van der Waals surface area contributed by atoms with Gasteiger partial charge in [0.05, 0.1) is 30.0 Å². The summed E-state index contributed by atoms with van der Waals surface area (Å²) < 4.78 is 11.6. The third-order valence-electron chi connectivity index (χ3n) is 3.63. The number of esters is 2. The summed E-state index contributed by atoms with van der Waals surface area (Å²) in [6.45, 7) is 5.48. The van der Waals surface area contributed by atoms with E-state index in [0.29, 0.717) is 16.7 Å². The standard InChI is InChI=1S/C18H18N4O4/c1-4-25-17(23)14-13-11(3)21-22(12-9-7-6-8-10-12)16(13)20-15(19-14)18(24)26-5-2/h6-10H,4-5H2,1-3H3. The van der Waals surface area contributed by atoms with E-state index < -0.39 is 11.9 Å². The van der Waals surface area contributed by atoms with Gasteiger partial charge in [0.25, 0.3) is 0 Å². The van der Waals surface area contributed by atoms with E-state index in [4.69, 9.17) is 9.47 Å². The summed E-state index contributed by atoms with van der Waals surface area (Å²) in [6, 6.07) is 9.30. The normalized spacial score (nSPS) is 10.7. The molecule has 0 atom stereocenters. The van der Waals surface area contributed by atoms with Crippen LogP contribution in [0.3, 0.4) is 0 Å². The number of aromatic nitrogens is 4. The van der Waals surface area contributed by atoms with Crippen molar-refractivity contribution in [2.45, 2.75) is 20.8 Å². The smallest absolute Gasteiger partial charge is 0.376 e. The number of benzene rings is 1. The molecule has 0 N–H and O–H groups in total. The van der Waals surface area contributed by atoms with Crippen LogP contribution in [-0.4, -0.2) is 44.9 Å². The maximum atomic E-state index is 12.4. The Morgan fingerprint density at radius 3 is 2.31 bits per heavy atom. The SMILES string of the molecule is CCOC(=O)c1nc(C(=O)OCC)c2c(C)nn(-c3ccccc3)c2n1. The van der Waals surface area contributed by atoms with Gasteiger partial charge >= 0.3 is 11.9 Å². The molecule has 8 nitrogen and oxygen atoms in total. The van der Waals surface area contributed by atoms with Crippen molar-refractivity contribution in [1.29, 1.82) is 0 Å². The molecular weight excluding hydrogens is 336 g/mol. The fraction of sp³-hybridized carbons (Fsp3) is 0.278. The molecule has 26 heavy (non-hydrogen) atoms. The molecular formula is C18H18N4O4. The lowest BCUT2D eigenvalue weighted by atomic mass is 10.2. The zero-order valence-electron chi connectivity index (χ0n) is 14.7. The van der Waals surface area contributed by atoms with Gasteiger partial charge in [-0.2, -0.15) is 5.10 Å². The molecule has 0 aliphatic carbocycles. The van der Waals surface area contributed by atoms with Crippen LogP contribution in [-0.2, 0) is 9.47 Å². The molecule has 0 radical (unpaired) electrons. The fourth-order valence-electron chi connectivity index (χ4n) is 2.57. The Hall–Kier alpha value is -3.29. The zero-order valence-corrected chi connectivity index (χ0v) is 14.7. The first kappa shape index (κ1) is 17.5. The molecule has 3 aromatic rings. The molecule has 0 aliphatic rings. The third kappa shape index (κ3) is 3.13. The summed E-state index contributed by atoms with van der Waals surface area (Å²) in [4.78, 5) is 32.9. The van der Waals surface area contributed by atoms with Crippen LogP contribution < -0.4 is 0 Å². The van der Waals surface area contributed by atoms with Gasteiger partial charge in [0.1, 0.15) is 0 Å².